The molecule has 1 aliphatic heterocycles. The van der Waals surface area contributed by atoms with Crippen LogP contribution in [0.2, 0.25) is 5.02 Å². The van der Waals surface area contributed by atoms with Crippen molar-refractivity contribution in [2.45, 2.75) is 32.9 Å². The first-order chi connectivity index (χ1) is 12.5. The normalized spacial score (nSPS) is 16.1. The van der Waals surface area contributed by atoms with Crippen molar-refractivity contribution in [3.05, 3.63) is 58.2 Å². The van der Waals surface area contributed by atoms with Crippen molar-refractivity contribution in [2.24, 2.45) is 5.92 Å². The quantitative estimate of drug-likeness (QED) is 0.764. The molecule has 0 radical (unpaired) electrons. The van der Waals surface area contributed by atoms with Crippen LogP contribution in [-0.4, -0.2) is 34.0 Å². The summed E-state index contributed by atoms with van der Waals surface area (Å²) in [6.07, 6.45) is 2.73. The smallest absolute Gasteiger partial charge is 0.309 e. The molecular formula is C20H24ClN3O2. The van der Waals surface area contributed by atoms with E-state index in [1.165, 1.54) is 5.56 Å². The second-order valence-corrected chi connectivity index (χ2v) is 7.30. The number of anilines is 1. The van der Waals surface area contributed by atoms with Crippen LogP contribution in [-0.2, 0) is 11.3 Å². The fourth-order valence-corrected chi connectivity index (χ4v) is 3.37. The van der Waals surface area contributed by atoms with Gasteiger partial charge in [0, 0.05) is 30.9 Å². The molecular weight excluding hydrogens is 350 g/mol. The average molecular weight is 374 g/mol. The van der Waals surface area contributed by atoms with E-state index >= 15 is 0 Å². The number of carboxylic acids is 1. The number of nitrogens with one attached hydrogen (secondary N) is 1. The highest BCUT2D eigenvalue weighted by Crippen LogP contribution is 2.26. The molecule has 1 aliphatic rings. The van der Waals surface area contributed by atoms with Crippen LogP contribution in [0, 0.1) is 12.8 Å². The lowest BCUT2D eigenvalue weighted by Crippen LogP contribution is -2.49. The monoisotopic (exact) mass is 373 g/mol. The number of aromatic nitrogens is 1. The highest BCUT2D eigenvalue weighted by molar-refractivity contribution is 6.31. The minimum Gasteiger partial charge on any atom is -0.481 e. The number of pyridine rings is 1. The first-order valence-electron chi connectivity index (χ1n) is 8.89. The maximum absolute atomic E-state index is 10.9. The highest BCUT2D eigenvalue weighted by Gasteiger charge is 2.32. The van der Waals surface area contributed by atoms with Crippen LogP contribution < -0.4 is 5.32 Å². The van der Waals surface area contributed by atoms with Gasteiger partial charge in [-0.1, -0.05) is 30.7 Å². The zero-order valence-electron chi connectivity index (χ0n) is 15.1. The molecule has 1 aromatic carbocycles. The standard InChI is InChI=1S/C20H24ClN3O2/c1-3-18(15-4-5-17(21)13(2)8-15)23-19-9-14(6-7-22-19)10-24-11-16(12-24)20(25)26/h4-9,16,18H,3,10-12H2,1-2H3,(H,22,23)(H,25,26). The Morgan fingerprint density at radius 3 is 2.81 bits per heavy atom. The molecule has 2 aromatic rings. The molecule has 138 valence electrons. The summed E-state index contributed by atoms with van der Waals surface area (Å²) in [5, 5.41) is 13.3. The average Bonchev–Trinajstić information content (AvgIpc) is 2.58. The first kappa shape index (κ1) is 18.7. The molecule has 0 spiro atoms. The maximum atomic E-state index is 10.9. The van der Waals surface area contributed by atoms with Crippen LogP contribution in [0.3, 0.4) is 0 Å². The Labute approximate surface area is 159 Å². The van der Waals surface area contributed by atoms with Crippen molar-refractivity contribution in [3.63, 3.8) is 0 Å². The third-order valence-electron chi connectivity index (χ3n) is 4.85. The lowest BCUT2D eigenvalue weighted by atomic mass is 10.00. The summed E-state index contributed by atoms with van der Waals surface area (Å²) < 4.78 is 0. The molecule has 0 saturated carbocycles. The van der Waals surface area contributed by atoms with E-state index in [9.17, 15) is 4.79 Å². The molecule has 1 saturated heterocycles. The van der Waals surface area contributed by atoms with Crippen molar-refractivity contribution in [1.29, 1.82) is 0 Å². The summed E-state index contributed by atoms with van der Waals surface area (Å²) in [7, 11) is 0. The third-order valence-corrected chi connectivity index (χ3v) is 5.28. The van der Waals surface area contributed by atoms with Crippen molar-refractivity contribution in [1.82, 2.24) is 9.88 Å². The molecule has 1 fully saturated rings. The van der Waals surface area contributed by atoms with Crippen LogP contribution in [0.4, 0.5) is 5.82 Å². The van der Waals surface area contributed by atoms with Crippen LogP contribution in [0.15, 0.2) is 36.5 Å². The van der Waals surface area contributed by atoms with Crippen LogP contribution >= 0.6 is 11.6 Å². The van der Waals surface area contributed by atoms with Crippen molar-refractivity contribution in [3.8, 4) is 0 Å². The molecule has 6 heteroatoms. The fraction of sp³-hybridized carbons (Fsp3) is 0.400. The minimum absolute atomic E-state index is 0.161. The molecule has 2 heterocycles. The molecule has 1 atom stereocenters. The Hall–Kier alpha value is -2.11. The summed E-state index contributed by atoms with van der Waals surface area (Å²) in [6, 6.07) is 10.3. The van der Waals surface area contributed by atoms with Gasteiger partial charge in [0.1, 0.15) is 5.82 Å². The third kappa shape index (κ3) is 4.34. The summed E-state index contributed by atoms with van der Waals surface area (Å²) in [5.74, 6) is -0.105. The van der Waals surface area contributed by atoms with Crippen LogP contribution in [0.1, 0.15) is 36.1 Å². The number of hydrogen-bond donors (Lipinski definition) is 2. The summed E-state index contributed by atoms with van der Waals surface area (Å²) in [5.41, 5.74) is 3.39. The molecule has 2 N–H and O–H groups in total. The van der Waals surface area contributed by atoms with E-state index in [1.807, 2.05) is 31.2 Å². The highest BCUT2D eigenvalue weighted by atomic mass is 35.5. The van der Waals surface area contributed by atoms with E-state index < -0.39 is 5.97 Å². The molecule has 0 amide bonds. The number of nitrogens with zero attached hydrogens (tertiary/aromatic N) is 2. The molecule has 5 nitrogen and oxygen atoms in total. The SMILES string of the molecule is CCC(Nc1cc(CN2CC(C(=O)O)C2)ccn1)c1ccc(Cl)c(C)c1. The van der Waals surface area contributed by atoms with E-state index in [0.29, 0.717) is 13.1 Å². The number of carbonyl (C=O) groups is 1. The number of hydrogen-bond acceptors (Lipinski definition) is 4. The fourth-order valence-electron chi connectivity index (χ4n) is 3.25. The summed E-state index contributed by atoms with van der Waals surface area (Å²) in [6.45, 7) is 6.12. The van der Waals surface area contributed by atoms with Gasteiger partial charge in [-0.3, -0.25) is 9.69 Å². The van der Waals surface area contributed by atoms with Crippen LogP contribution in [0.5, 0.6) is 0 Å². The lowest BCUT2D eigenvalue weighted by Gasteiger charge is -2.36. The molecule has 3 rings (SSSR count). The minimum atomic E-state index is -0.706. The summed E-state index contributed by atoms with van der Waals surface area (Å²) >= 11 is 6.13. The van der Waals surface area contributed by atoms with Crippen molar-refractivity contribution < 1.29 is 9.90 Å². The molecule has 1 unspecified atom stereocenters. The van der Waals surface area contributed by atoms with Gasteiger partial charge in [-0.2, -0.15) is 0 Å². The first-order valence-corrected chi connectivity index (χ1v) is 9.26. The van der Waals surface area contributed by atoms with Crippen molar-refractivity contribution >= 4 is 23.4 Å². The van der Waals surface area contributed by atoms with Gasteiger partial charge in [-0.05, 0) is 48.2 Å². The molecule has 0 bridgehead atoms. The van der Waals surface area contributed by atoms with Gasteiger partial charge in [0.2, 0.25) is 0 Å². The van der Waals surface area contributed by atoms with Crippen molar-refractivity contribution in [2.75, 3.05) is 18.4 Å². The predicted octanol–water partition coefficient (Wildman–Crippen LogP) is 4.12. The number of halogens is 1. The predicted molar refractivity (Wildman–Crippen MR) is 103 cm³/mol. The molecule has 1 aromatic heterocycles. The number of carboxylic acid groups (broad SMARTS) is 1. The Kier molecular flexibility index (Phi) is 5.79. The van der Waals surface area contributed by atoms with Gasteiger partial charge in [-0.25, -0.2) is 4.98 Å². The number of aliphatic carboxylic acids is 1. The topological polar surface area (TPSA) is 65.5 Å². The maximum Gasteiger partial charge on any atom is 0.309 e. The van der Waals surface area contributed by atoms with E-state index in [4.69, 9.17) is 16.7 Å². The van der Waals surface area contributed by atoms with Crippen LogP contribution in [0.25, 0.3) is 0 Å². The van der Waals surface area contributed by atoms with Gasteiger partial charge in [0.25, 0.3) is 0 Å². The van der Waals surface area contributed by atoms with E-state index in [1.54, 1.807) is 6.20 Å². The Balaban J connectivity index is 1.65. The molecule has 26 heavy (non-hydrogen) atoms. The number of aryl methyl sites for hydroxylation is 1. The number of rotatable bonds is 7. The van der Waals surface area contributed by atoms with E-state index in [0.717, 1.165) is 34.9 Å². The van der Waals surface area contributed by atoms with Gasteiger partial charge in [-0.15, -0.1) is 0 Å². The Morgan fingerprint density at radius 2 is 2.15 bits per heavy atom. The van der Waals surface area contributed by atoms with Gasteiger partial charge in [0.15, 0.2) is 0 Å². The van der Waals surface area contributed by atoms with E-state index in [-0.39, 0.29) is 12.0 Å². The second kappa shape index (κ2) is 8.06. The zero-order valence-corrected chi connectivity index (χ0v) is 15.8. The lowest BCUT2D eigenvalue weighted by molar-refractivity contribution is -0.147. The van der Waals surface area contributed by atoms with Gasteiger partial charge < -0.3 is 10.4 Å². The molecule has 0 aliphatic carbocycles. The zero-order chi connectivity index (χ0) is 18.7. The van der Waals surface area contributed by atoms with E-state index in [2.05, 4.69) is 28.2 Å². The van der Waals surface area contributed by atoms with Gasteiger partial charge >= 0.3 is 5.97 Å². The number of benzene rings is 1. The Morgan fingerprint density at radius 1 is 1.38 bits per heavy atom. The van der Waals surface area contributed by atoms with Gasteiger partial charge in [0.05, 0.1) is 12.0 Å². The Bertz CT molecular complexity index is 790. The summed E-state index contributed by atoms with van der Waals surface area (Å²) in [4.78, 5) is 17.5. The largest absolute Gasteiger partial charge is 0.481 e. The second-order valence-electron chi connectivity index (χ2n) is 6.89. The number of likely N-dealkylation sites (tertiary alicyclic amines) is 1.